The van der Waals surface area contributed by atoms with Gasteiger partial charge in [-0.2, -0.15) is 10.1 Å². The quantitative estimate of drug-likeness (QED) is 0.659. The van der Waals surface area contributed by atoms with Crippen LogP contribution in [-0.4, -0.2) is 38.1 Å². The molecule has 0 radical (unpaired) electrons. The number of benzene rings is 1. The SMILES string of the molecule is CC(C)c1ccc(NC(=O)COC(=O)c2cnc3ncnn3c2C(C)C)cc1. The van der Waals surface area contributed by atoms with Crippen LogP contribution >= 0.6 is 0 Å². The summed E-state index contributed by atoms with van der Waals surface area (Å²) in [5, 5.41) is 6.83. The van der Waals surface area contributed by atoms with Crippen molar-refractivity contribution in [2.75, 3.05) is 11.9 Å². The van der Waals surface area contributed by atoms with Crippen molar-refractivity contribution in [2.45, 2.75) is 39.5 Å². The molecule has 3 aromatic rings. The molecular weight excluding hydrogens is 358 g/mol. The number of carbonyl (C=O) groups is 2. The van der Waals surface area contributed by atoms with Crippen LogP contribution in [0.2, 0.25) is 0 Å². The molecule has 0 aliphatic rings. The summed E-state index contributed by atoms with van der Waals surface area (Å²) in [5.41, 5.74) is 2.74. The Balaban J connectivity index is 1.66. The molecule has 146 valence electrons. The molecule has 3 rings (SSSR count). The number of hydrogen-bond acceptors (Lipinski definition) is 6. The predicted molar refractivity (Wildman–Crippen MR) is 104 cm³/mol. The fraction of sp³-hybridized carbons (Fsp3) is 0.350. The lowest BCUT2D eigenvalue weighted by Crippen LogP contribution is -2.22. The van der Waals surface area contributed by atoms with Crippen molar-refractivity contribution in [3.8, 4) is 0 Å². The number of nitrogens with one attached hydrogen (secondary N) is 1. The van der Waals surface area contributed by atoms with Crippen molar-refractivity contribution < 1.29 is 14.3 Å². The average Bonchev–Trinajstić information content (AvgIpc) is 3.14. The van der Waals surface area contributed by atoms with Crippen LogP contribution < -0.4 is 5.32 Å². The molecule has 0 unspecified atom stereocenters. The van der Waals surface area contributed by atoms with E-state index in [-0.39, 0.29) is 11.5 Å². The number of esters is 1. The van der Waals surface area contributed by atoms with Gasteiger partial charge < -0.3 is 10.1 Å². The molecule has 1 amide bonds. The number of aromatic nitrogens is 4. The van der Waals surface area contributed by atoms with Crippen LogP contribution in [0.3, 0.4) is 0 Å². The van der Waals surface area contributed by atoms with E-state index in [4.69, 9.17) is 4.74 Å². The van der Waals surface area contributed by atoms with E-state index in [1.807, 2.05) is 38.1 Å². The Morgan fingerprint density at radius 2 is 1.79 bits per heavy atom. The molecule has 0 aliphatic heterocycles. The molecule has 0 atom stereocenters. The van der Waals surface area contributed by atoms with Crippen LogP contribution in [0.1, 0.15) is 61.1 Å². The van der Waals surface area contributed by atoms with Gasteiger partial charge in [-0.3, -0.25) is 4.79 Å². The van der Waals surface area contributed by atoms with Gasteiger partial charge in [0.1, 0.15) is 6.33 Å². The lowest BCUT2D eigenvalue weighted by Gasteiger charge is -2.13. The summed E-state index contributed by atoms with van der Waals surface area (Å²) in [7, 11) is 0. The molecule has 2 aromatic heterocycles. The smallest absolute Gasteiger partial charge is 0.342 e. The lowest BCUT2D eigenvalue weighted by atomic mass is 10.0. The van der Waals surface area contributed by atoms with Gasteiger partial charge in [0, 0.05) is 11.9 Å². The number of fused-ring (bicyclic) bond motifs is 1. The van der Waals surface area contributed by atoms with Crippen molar-refractivity contribution in [1.29, 1.82) is 0 Å². The highest BCUT2D eigenvalue weighted by Gasteiger charge is 2.21. The van der Waals surface area contributed by atoms with Gasteiger partial charge in [0.25, 0.3) is 11.7 Å². The maximum atomic E-state index is 12.5. The van der Waals surface area contributed by atoms with Gasteiger partial charge in [0.15, 0.2) is 6.61 Å². The van der Waals surface area contributed by atoms with E-state index in [1.165, 1.54) is 22.6 Å². The van der Waals surface area contributed by atoms with Gasteiger partial charge in [-0.25, -0.2) is 14.3 Å². The molecule has 1 aromatic carbocycles. The molecule has 1 N–H and O–H groups in total. The van der Waals surface area contributed by atoms with E-state index >= 15 is 0 Å². The summed E-state index contributed by atoms with van der Waals surface area (Å²) in [6.45, 7) is 7.67. The zero-order valence-electron chi connectivity index (χ0n) is 16.3. The van der Waals surface area contributed by atoms with Gasteiger partial charge in [-0.1, -0.05) is 39.8 Å². The number of amides is 1. The van der Waals surface area contributed by atoms with Crippen LogP contribution in [0.25, 0.3) is 5.78 Å². The summed E-state index contributed by atoms with van der Waals surface area (Å²) in [6.07, 6.45) is 2.78. The molecular formula is C20H23N5O3. The number of hydrogen-bond donors (Lipinski definition) is 1. The zero-order valence-corrected chi connectivity index (χ0v) is 16.3. The van der Waals surface area contributed by atoms with Crippen LogP contribution in [-0.2, 0) is 9.53 Å². The van der Waals surface area contributed by atoms with Crippen LogP contribution in [0, 0.1) is 0 Å². The first-order valence-corrected chi connectivity index (χ1v) is 9.12. The molecule has 0 saturated heterocycles. The second kappa shape index (κ2) is 8.16. The molecule has 0 saturated carbocycles. The Hall–Kier alpha value is -3.29. The molecule has 0 spiro atoms. The van der Waals surface area contributed by atoms with Crippen molar-refractivity contribution >= 4 is 23.3 Å². The fourth-order valence-electron chi connectivity index (χ4n) is 2.87. The Morgan fingerprint density at radius 1 is 1.07 bits per heavy atom. The second-order valence-corrected chi connectivity index (χ2v) is 7.08. The topological polar surface area (TPSA) is 98.5 Å². The van der Waals surface area contributed by atoms with Crippen LogP contribution in [0.5, 0.6) is 0 Å². The second-order valence-electron chi connectivity index (χ2n) is 7.08. The van der Waals surface area contributed by atoms with Crippen molar-refractivity contribution in [1.82, 2.24) is 19.6 Å². The van der Waals surface area contributed by atoms with Gasteiger partial charge in [-0.15, -0.1) is 0 Å². The van der Waals surface area contributed by atoms with Gasteiger partial charge >= 0.3 is 5.97 Å². The Kier molecular flexibility index (Phi) is 5.67. The molecule has 0 bridgehead atoms. The van der Waals surface area contributed by atoms with Crippen LogP contribution in [0.4, 0.5) is 5.69 Å². The summed E-state index contributed by atoms with van der Waals surface area (Å²) in [4.78, 5) is 32.8. The summed E-state index contributed by atoms with van der Waals surface area (Å²) < 4.78 is 6.70. The Labute approximate surface area is 163 Å². The first-order valence-electron chi connectivity index (χ1n) is 9.12. The highest BCUT2D eigenvalue weighted by Crippen LogP contribution is 2.20. The van der Waals surface area contributed by atoms with Gasteiger partial charge in [-0.05, 0) is 29.5 Å². The molecule has 2 heterocycles. The van der Waals surface area contributed by atoms with E-state index in [9.17, 15) is 9.59 Å². The van der Waals surface area contributed by atoms with Gasteiger partial charge in [0.05, 0.1) is 11.3 Å². The van der Waals surface area contributed by atoms with E-state index in [2.05, 4.69) is 34.2 Å². The number of anilines is 1. The highest BCUT2D eigenvalue weighted by atomic mass is 16.5. The third-order valence-electron chi connectivity index (χ3n) is 4.31. The zero-order chi connectivity index (χ0) is 20.3. The van der Waals surface area contributed by atoms with Crippen LogP contribution in [0.15, 0.2) is 36.8 Å². The fourth-order valence-corrected chi connectivity index (χ4v) is 2.87. The van der Waals surface area contributed by atoms with Crippen molar-refractivity contribution in [2.24, 2.45) is 0 Å². The third kappa shape index (κ3) is 4.16. The highest BCUT2D eigenvalue weighted by molar-refractivity contribution is 5.96. The average molecular weight is 381 g/mol. The van der Waals surface area contributed by atoms with Gasteiger partial charge in [0.2, 0.25) is 0 Å². The molecule has 28 heavy (non-hydrogen) atoms. The minimum atomic E-state index is -0.626. The summed E-state index contributed by atoms with van der Waals surface area (Å²) in [5.74, 6) is -0.229. The van der Waals surface area contributed by atoms with Crippen molar-refractivity contribution in [3.05, 3.63) is 53.6 Å². The summed E-state index contributed by atoms with van der Waals surface area (Å²) >= 11 is 0. The minimum absolute atomic E-state index is 0.0111. The standard InChI is InChI=1S/C20H23N5O3/c1-12(2)14-5-7-15(8-6-14)24-17(26)10-28-19(27)16-9-21-20-22-11-23-25(20)18(16)13(3)4/h5-9,11-13H,10H2,1-4H3,(H,24,26). The number of carbonyl (C=O) groups excluding carboxylic acids is 2. The first-order chi connectivity index (χ1) is 13.4. The van der Waals surface area contributed by atoms with E-state index in [1.54, 1.807) is 0 Å². The minimum Gasteiger partial charge on any atom is -0.452 e. The maximum Gasteiger partial charge on any atom is 0.342 e. The molecule has 8 heteroatoms. The predicted octanol–water partition coefficient (Wildman–Crippen LogP) is 3.17. The molecule has 8 nitrogen and oxygen atoms in total. The monoisotopic (exact) mass is 381 g/mol. The maximum absolute atomic E-state index is 12.5. The number of nitrogens with zero attached hydrogens (tertiary/aromatic N) is 4. The molecule has 0 aliphatic carbocycles. The lowest BCUT2D eigenvalue weighted by molar-refractivity contribution is -0.119. The summed E-state index contributed by atoms with van der Waals surface area (Å²) in [6, 6.07) is 7.57. The third-order valence-corrected chi connectivity index (χ3v) is 4.31. The Bertz CT molecular complexity index is 993. The Morgan fingerprint density at radius 3 is 2.43 bits per heavy atom. The largest absolute Gasteiger partial charge is 0.452 e. The van der Waals surface area contributed by atoms with E-state index in [0.29, 0.717) is 23.1 Å². The van der Waals surface area contributed by atoms with E-state index in [0.717, 1.165) is 0 Å². The first kappa shape index (κ1) is 19.5. The molecule has 0 fully saturated rings. The van der Waals surface area contributed by atoms with E-state index < -0.39 is 18.5 Å². The number of ether oxygens (including phenoxy) is 1. The van der Waals surface area contributed by atoms with Crippen molar-refractivity contribution in [3.63, 3.8) is 0 Å². The normalized spacial score (nSPS) is 11.2. The number of rotatable bonds is 6.